The Kier molecular flexibility index (Phi) is 14.0. The number of carbonyl (C=O) groups is 6. The molecule has 2 radical (unpaired) electrons. The highest BCUT2D eigenvalue weighted by atomic mass is 16.3. The molecule has 37 heavy (non-hydrogen) atoms. The van der Waals surface area contributed by atoms with E-state index >= 15 is 0 Å². The average Bonchev–Trinajstić information content (AvgIpc) is 3.15. The van der Waals surface area contributed by atoms with Gasteiger partial charge in [-0.25, -0.2) is 4.79 Å². The number of urea groups is 1. The van der Waals surface area contributed by atoms with Crippen molar-refractivity contribution in [3.8, 4) is 0 Å². The van der Waals surface area contributed by atoms with Crippen molar-refractivity contribution in [1.29, 1.82) is 0 Å². The van der Waals surface area contributed by atoms with Crippen molar-refractivity contribution in [2.45, 2.75) is 82.9 Å². The Bertz CT molecular complexity index is 849. The second-order valence-electron chi connectivity index (χ2n) is 8.90. The molecule has 1 aliphatic rings. The highest BCUT2D eigenvalue weighted by Gasteiger charge is 2.30. The van der Waals surface area contributed by atoms with Crippen molar-refractivity contribution in [3.63, 3.8) is 0 Å². The van der Waals surface area contributed by atoms with Crippen LogP contribution in [0.25, 0.3) is 0 Å². The topological polar surface area (TPSA) is 200 Å². The Morgan fingerprint density at radius 3 is 2.19 bits per heavy atom. The molecule has 1 aliphatic heterocycles. The number of amides is 7. The van der Waals surface area contributed by atoms with Gasteiger partial charge in [-0.3, -0.25) is 28.9 Å². The number of nitrogens with zero attached hydrogens (tertiary/aromatic N) is 1. The number of carbonyl (C=O) groups excluding carboxylic acids is 6. The minimum absolute atomic E-state index is 0.0629. The highest BCUT2D eigenvalue weighted by molar-refractivity contribution is 6.12. The zero-order valence-electron chi connectivity index (χ0n) is 21.3. The van der Waals surface area contributed by atoms with Crippen LogP contribution >= 0.6 is 0 Å². The zero-order chi connectivity index (χ0) is 28.0. The van der Waals surface area contributed by atoms with E-state index in [1.165, 1.54) is 19.1 Å². The van der Waals surface area contributed by atoms with Crippen LogP contribution in [0.3, 0.4) is 0 Å². The van der Waals surface area contributed by atoms with Crippen molar-refractivity contribution in [2.24, 2.45) is 5.73 Å². The van der Waals surface area contributed by atoms with Crippen LogP contribution in [0.1, 0.15) is 52.4 Å². The molecular formula is C23H37BN6O7. The Morgan fingerprint density at radius 1 is 0.973 bits per heavy atom. The first-order valence-electron chi connectivity index (χ1n) is 12.3. The lowest BCUT2D eigenvalue weighted by molar-refractivity contribution is -0.137. The van der Waals surface area contributed by atoms with Crippen molar-refractivity contribution in [1.82, 2.24) is 26.2 Å². The van der Waals surface area contributed by atoms with E-state index in [1.54, 1.807) is 6.92 Å². The van der Waals surface area contributed by atoms with Gasteiger partial charge in [0, 0.05) is 37.7 Å². The van der Waals surface area contributed by atoms with Gasteiger partial charge >= 0.3 is 6.03 Å². The molecule has 4 atom stereocenters. The summed E-state index contributed by atoms with van der Waals surface area (Å²) in [5.41, 5.74) is 5.03. The number of nitrogens with one attached hydrogen (secondary N) is 4. The molecule has 0 saturated heterocycles. The standard InChI is InChI=1S/C23H37BN6O7/c1-14(13-24)27-21(35)16(7-6-11-26-23(25)37)28-22(36)20(15(2)31)29-17(32)8-4-3-5-12-30-18(33)9-10-19(30)34/h9-10,14-16,20,31H,3-8,11-13H2,1-2H3,(H,27,35)(H,28,36)(H,29,32)(H3,25,26,37)/t14-,15-,16+,20+/m1/s1. The number of aliphatic hydroxyl groups is 1. The van der Waals surface area contributed by atoms with E-state index in [2.05, 4.69) is 21.3 Å². The molecule has 7 amide bonds. The first kappa shape index (κ1) is 31.6. The van der Waals surface area contributed by atoms with E-state index in [0.29, 0.717) is 25.7 Å². The summed E-state index contributed by atoms with van der Waals surface area (Å²) in [6.45, 7) is 3.48. The van der Waals surface area contributed by atoms with Crippen LogP contribution in [0.5, 0.6) is 0 Å². The first-order chi connectivity index (χ1) is 17.5. The smallest absolute Gasteiger partial charge is 0.312 e. The van der Waals surface area contributed by atoms with Crippen LogP contribution in [0.15, 0.2) is 12.2 Å². The lowest BCUT2D eigenvalue weighted by Gasteiger charge is -2.25. The van der Waals surface area contributed by atoms with Crippen molar-refractivity contribution < 1.29 is 33.9 Å². The molecule has 0 aliphatic carbocycles. The molecule has 0 saturated carbocycles. The zero-order valence-corrected chi connectivity index (χ0v) is 21.3. The fourth-order valence-corrected chi connectivity index (χ4v) is 3.49. The summed E-state index contributed by atoms with van der Waals surface area (Å²) < 4.78 is 0. The summed E-state index contributed by atoms with van der Waals surface area (Å²) >= 11 is 0. The van der Waals surface area contributed by atoms with Crippen molar-refractivity contribution in [3.05, 3.63) is 12.2 Å². The van der Waals surface area contributed by atoms with Gasteiger partial charge in [0.2, 0.25) is 17.7 Å². The first-order valence-corrected chi connectivity index (χ1v) is 12.3. The third-order valence-corrected chi connectivity index (χ3v) is 5.61. The van der Waals surface area contributed by atoms with Crippen molar-refractivity contribution >= 4 is 43.4 Å². The molecule has 0 fully saturated rings. The molecule has 1 rings (SSSR count). The number of unbranched alkanes of at least 4 members (excludes halogenated alkanes) is 2. The number of nitrogens with two attached hydrogens (primary N) is 1. The Balaban J connectivity index is 2.59. The van der Waals surface area contributed by atoms with Crippen LogP contribution in [0, 0.1) is 0 Å². The fourth-order valence-electron chi connectivity index (χ4n) is 3.49. The van der Waals surface area contributed by atoms with Gasteiger partial charge in [-0.05, 0) is 39.5 Å². The largest absolute Gasteiger partial charge is 0.391 e. The Labute approximate surface area is 217 Å². The van der Waals surface area contributed by atoms with Gasteiger partial charge in [-0.1, -0.05) is 12.7 Å². The van der Waals surface area contributed by atoms with Crippen LogP contribution < -0.4 is 27.0 Å². The SMILES string of the molecule is [B]C[C@@H](C)NC(=O)[C@H](CCCNC(N)=O)NC(=O)[C@@H](NC(=O)CCCCCN1C(=O)C=CC1=O)[C@@H](C)O. The molecular weight excluding hydrogens is 483 g/mol. The number of hydrogen-bond acceptors (Lipinski definition) is 7. The number of imide groups is 1. The van der Waals surface area contributed by atoms with Crippen LogP contribution in [-0.4, -0.2) is 90.7 Å². The molecule has 7 N–H and O–H groups in total. The Hall–Kier alpha value is -3.42. The third-order valence-electron chi connectivity index (χ3n) is 5.61. The summed E-state index contributed by atoms with van der Waals surface area (Å²) in [6.07, 6.45) is 3.44. The number of primary amides is 1. The van der Waals surface area contributed by atoms with Crippen LogP contribution in [-0.2, 0) is 24.0 Å². The van der Waals surface area contributed by atoms with Gasteiger partial charge < -0.3 is 32.1 Å². The van der Waals surface area contributed by atoms with E-state index in [-0.39, 0.29) is 50.1 Å². The maximum absolute atomic E-state index is 12.9. The van der Waals surface area contributed by atoms with Gasteiger partial charge in [0.1, 0.15) is 12.1 Å². The minimum atomic E-state index is -1.30. The maximum atomic E-state index is 12.9. The quantitative estimate of drug-likeness (QED) is 0.0750. The molecule has 0 aromatic carbocycles. The van der Waals surface area contributed by atoms with Crippen LogP contribution in [0.4, 0.5) is 4.79 Å². The normalized spacial score (nSPS) is 16.0. The molecule has 0 bridgehead atoms. The van der Waals surface area contributed by atoms with E-state index in [1.807, 2.05) is 0 Å². The molecule has 14 heteroatoms. The Morgan fingerprint density at radius 2 is 1.62 bits per heavy atom. The van der Waals surface area contributed by atoms with E-state index < -0.39 is 41.9 Å². The lowest BCUT2D eigenvalue weighted by Crippen LogP contribution is -2.57. The molecule has 1 heterocycles. The summed E-state index contributed by atoms with van der Waals surface area (Å²) in [5, 5.41) is 20.2. The van der Waals surface area contributed by atoms with Crippen molar-refractivity contribution in [2.75, 3.05) is 13.1 Å². The summed E-state index contributed by atoms with van der Waals surface area (Å²) in [4.78, 5) is 72.9. The number of rotatable bonds is 17. The predicted molar refractivity (Wildman–Crippen MR) is 135 cm³/mol. The van der Waals surface area contributed by atoms with Gasteiger partial charge in [0.25, 0.3) is 11.8 Å². The van der Waals surface area contributed by atoms with E-state index in [4.69, 9.17) is 13.6 Å². The van der Waals surface area contributed by atoms with Crippen LogP contribution in [0.2, 0.25) is 6.32 Å². The molecule has 0 aromatic heterocycles. The van der Waals surface area contributed by atoms with E-state index in [0.717, 1.165) is 4.90 Å². The highest BCUT2D eigenvalue weighted by Crippen LogP contribution is 2.08. The summed E-state index contributed by atoms with van der Waals surface area (Å²) in [6, 6.07) is -3.36. The monoisotopic (exact) mass is 520 g/mol. The number of aliphatic hydroxyl groups excluding tert-OH is 1. The summed E-state index contributed by atoms with van der Waals surface area (Å²) in [5.74, 6) is -2.43. The molecule has 13 nitrogen and oxygen atoms in total. The molecule has 204 valence electrons. The third kappa shape index (κ3) is 11.9. The molecule has 0 spiro atoms. The summed E-state index contributed by atoms with van der Waals surface area (Å²) in [7, 11) is 5.54. The van der Waals surface area contributed by atoms with Gasteiger partial charge in [0.05, 0.1) is 14.0 Å². The lowest BCUT2D eigenvalue weighted by atomic mass is 9.98. The van der Waals surface area contributed by atoms with E-state index in [9.17, 15) is 33.9 Å². The van der Waals surface area contributed by atoms with Gasteiger partial charge in [-0.15, -0.1) is 0 Å². The predicted octanol–water partition coefficient (Wildman–Crippen LogP) is -1.64. The molecule has 0 unspecified atom stereocenters. The fraction of sp³-hybridized carbons (Fsp3) is 0.652. The minimum Gasteiger partial charge on any atom is -0.391 e. The second kappa shape index (κ2) is 16.4. The average molecular weight is 520 g/mol. The van der Waals surface area contributed by atoms with Gasteiger partial charge in [-0.2, -0.15) is 0 Å². The van der Waals surface area contributed by atoms with Gasteiger partial charge in [0.15, 0.2) is 0 Å². The molecule has 0 aromatic rings. The maximum Gasteiger partial charge on any atom is 0.312 e. The second-order valence-corrected chi connectivity index (χ2v) is 8.90. The number of hydrogen-bond donors (Lipinski definition) is 6.